The second-order valence-corrected chi connectivity index (χ2v) is 4.06. The molecule has 1 aliphatic heterocycles. The van der Waals surface area contributed by atoms with E-state index in [9.17, 15) is 9.59 Å². The van der Waals surface area contributed by atoms with Crippen LogP contribution in [-0.2, 0) is 4.79 Å². The monoisotopic (exact) mass is 218 g/mol. The number of aryl methyl sites for hydroxylation is 1. The molecule has 3 amide bonds. The third kappa shape index (κ3) is 1.78. The molecule has 1 saturated heterocycles. The Kier molecular flexibility index (Phi) is 2.64. The van der Waals surface area contributed by atoms with Crippen LogP contribution in [0.25, 0.3) is 0 Å². The number of carbonyl (C=O) groups is 2. The van der Waals surface area contributed by atoms with Gasteiger partial charge in [-0.1, -0.05) is 18.2 Å². The topological polar surface area (TPSA) is 49.4 Å². The summed E-state index contributed by atoms with van der Waals surface area (Å²) < 4.78 is 0. The van der Waals surface area contributed by atoms with Crippen molar-refractivity contribution in [3.05, 3.63) is 29.8 Å². The van der Waals surface area contributed by atoms with E-state index in [1.165, 1.54) is 0 Å². The fourth-order valence-electron chi connectivity index (χ4n) is 1.97. The summed E-state index contributed by atoms with van der Waals surface area (Å²) in [5.74, 6) is -0.206. The molecule has 4 nitrogen and oxygen atoms in total. The van der Waals surface area contributed by atoms with E-state index in [-0.39, 0.29) is 18.0 Å². The van der Waals surface area contributed by atoms with Crippen LogP contribution >= 0.6 is 0 Å². The average Bonchev–Trinajstić information content (AvgIpc) is 2.19. The molecule has 4 heteroatoms. The van der Waals surface area contributed by atoms with Crippen LogP contribution in [0.5, 0.6) is 0 Å². The molecule has 1 aromatic rings. The molecule has 0 saturated carbocycles. The number of urea groups is 1. The van der Waals surface area contributed by atoms with Crippen LogP contribution in [0.3, 0.4) is 0 Å². The molecular formula is C12H14N2O2. The van der Waals surface area contributed by atoms with Gasteiger partial charge in [-0.05, 0) is 25.5 Å². The highest BCUT2D eigenvalue weighted by atomic mass is 16.2. The van der Waals surface area contributed by atoms with E-state index in [1.807, 2.05) is 38.1 Å². The van der Waals surface area contributed by atoms with Gasteiger partial charge in [-0.15, -0.1) is 0 Å². The van der Waals surface area contributed by atoms with Crippen molar-refractivity contribution in [3.8, 4) is 0 Å². The highest BCUT2D eigenvalue weighted by Gasteiger charge is 2.31. The number of hydrogen-bond acceptors (Lipinski definition) is 2. The normalized spacial score (nSPS) is 20.9. The van der Waals surface area contributed by atoms with E-state index in [1.54, 1.807) is 4.90 Å². The van der Waals surface area contributed by atoms with E-state index in [0.717, 1.165) is 11.3 Å². The maximum Gasteiger partial charge on any atom is 0.328 e. The first-order chi connectivity index (χ1) is 7.59. The summed E-state index contributed by atoms with van der Waals surface area (Å²) in [4.78, 5) is 24.6. The predicted octanol–water partition coefficient (Wildman–Crippen LogP) is 1.83. The molecule has 1 heterocycles. The molecule has 0 aromatic heterocycles. The van der Waals surface area contributed by atoms with Gasteiger partial charge in [-0.3, -0.25) is 15.0 Å². The van der Waals surface area contributed by atoms with Gasteiger partial charge >= 0.3 is 6.03 Å². The zero-order valence-corrected chi connectivity index (χ0v) is 9.36. The van der Waals surface area contributed by atoms with Crippen molar-refractivity contribution in [3.63, 3.8) is 0 Å². The number of amides is 3. The summed E-state index contributed by atoms with van der Waals surface area (Å²) in [6.45, 7) is 3.83. The summed E-state index contributed by atoms with van der Waals surface area (Å²) in [6.07, 6.45) is 0.347. The van der Waals surface area contributed by atoms with Crippen LogP contribution in [0.1, 0.15) is 18.9 Å². The van der Waals surface area contributed by atoms with Crippen LogP contribution < -0.4 is 10.2 Å². The Balaban J connectivity index is 2.37. The summed E-state index contributed by atoms with van der Waals surface area (Å²) >= 11 is 0. The van der Waals surface area contributed by atoms with Gasteiger partial charge < -0.3 is 0 Å². The third-order valence-corrected chi connectivity index (χ3v) is 2.76. The third-order valence-electron chi connectivity index (χ3n) is 2.76. The number of nitrogens with one attached hydrogen (secondary N) is 1. The van der Waals surface area contributed by atoms with Gasteiger partial charge in [0.25, 0.3) is 0 Å². The van der Waals surface area contributed by atoms with Crippen LogP contribution in [0.2, 0.25) is 0 Å². The Morgan fingerprint density at radius 2 is 2.00 bits per heavy atom. The number of rotatable bonds is 1. The molecule has 2 rings (SSSR count). The molecular weight excluding hydrogens is 204 g/mol. The number of para-hydroxylation sites is 1. The lowest BCUT2D eigenvalue weighted by molar-refractivity contribution is -0.120. The standard InChI is InChI=1S/C12H14N2O2/c1-8-5-3-4-6-10(8)14-9(2)7-11(15)13-12(14)16/h3-6,9H,7H2,1-2H3,(H,13,15,16). The molecule has 0 aliphatic carbocycles. The van der Waals surface area contributed by atoms with Crippen molar-refractivity contribution in [1.29, 1.82) is 0 Å². The van der Waals surface area contributed by atoms with Gasteiger partial charge in [0.15, 0.2) is 0 Å². The molecule has 0 radical (unpaired) electrons. The first-order valence-corrected chi connectivity index (χ1v) is 5.28. The van der Waals surface area contributed by atoms with Crippen LogP contribution in [-0.4, -0.2) is 18.0 Å². The Morgan fingerprint density at radius 1 is 1.31 bits per heavy atom. The Labute approximate surface area is 94.2 Å². The Morgan fingerprint density at radius 3 is 2.62 bits per heavy atom. The maximum atomic E-state index is 11.8. The first kappa shape index (κ1) is 10.7. The number of imide groups is 1. The smallest absolute Gasteiger partial charge is 0.291 e. The zero-order chi connectivity index (χ0) is 11.7. The van der Waals surface area contributed by atoms with Crippen molar-refractivity contribution in [2.24, 2.45) is 0 Å². The maximum absolute atomic E-state index is 11.8. The number of benzene rings is 1. The largest absolute Gasteiger partial charge is 0.328 e. The second kappa shape index (κ2) is 3.96. The van der Waals surface area contributed by atoms with Gasteiger partial charge in [0.1, 0.15) is 0 Å². The van der Waals surface area contributed by atoms with Crippen molar-refractivity contribution in [2.75, 3.05) is 4.90 Å². The van der Waals surface area contributed by atoms with Gasteiger partial charge in [-0.25, -0.2) is 4.79 Å². The average molecular weight is 218 g/mol. The van der Waals surface area contributed by atoms with Crippen LogP contribution in [0.15, 0.2) is 24.3 Å². The minimum absolute atomic E-state index is 0.0950. The molecule has 1 atom stereocenters. The lowest BCUT2D eigenvalue weighted by Gasteiger charge is -2.33. The van der Waals surface area contributed by atoms with Crippen molar-refractivity contribution < 1.29 is 9.59 Å². The molecule has 84 valence electrons. The van der Waals surface area contributed by atoms with Crippen molar-refractivity contribution in [2.45, 2.75) is 26.3 Å². The van der Waals surface area contributed by atoms with E-state index in [0.29, 0.717) is 6.42 Å². The number of carbonyl (C=O) groups excluding carboxylic acids is 2. The number of hydrogen-bond donors (Lipinski definition) is 1. The minimum Gasteiger partial charge on any atom is -0.291 e. The fourth-order valence-corrected chi connectivity index (χ4v) is 1.97. The molecule has 1 unspecified atom stereocenters. The Bertz CT molecular complexity index is 442. The SMILES string of the molecule is Cc1ccccc1N1C(=O)NC(=O)CC1C. The van der Waals surface area contributed by atoms with Crippen LogP contribution in [0.4, 0.5) is 10.5 Å². The van der Waals surface area contributed by atoms with Gasteiger partial charge in [0, 0.05) is 18.2 Å². The summed E-state index contributed by atoms with van der Waals surface area (Å²) in [5.41, 5.74) is 1.89. The molecule has 1 aromatic carbocycles. The van der Waals surface area contributed by atoms with Crippen molar-refractivity contribution >= 4 is 17.6 Å². The number of nitrogens with zero attached hydrogens (tertiary/aromatic N) is 1. The molecule has 1 fully saturated rings. The lowest BCUT2D eigenvalue weighted by Crippen LogP contribution is -2.54. The summed E-state index contributed by atoms with van der Waals surface area (Å²) in [6, 6.07) is 7.22. The lowest BCUT2D eigenvalue weighted by atomic mass is 10.1. The summed E-state index contributed by atoms with van der Waals surface area (Å²) in [5, 5.41) is 2.33. The molecule has 1 N–H and O–H groups in total. The van der Waals surface area contributed by atoms with Crippen LogP contribution in [0, 0.1) is 6.92 Å². The summed E-state index contributed by atoms with van der Waals surface area (Å²) in [7, 11) is 0. The van der Waals surface area contributed by atoms with E-state index >= 15 is 0 Å². The van der Waals surface area contributed by atoms with E-state index in [2.05, 4.69) is 5.32 Å². The molecule has 0 spiro atoms. The van der Waals surface area contributed by atoms with Crippen molar-refractivity contribution in [1.82, 2.24) is 5.32 Å². The second-order valence-electron chi connectivity index (χ2n) is 4.06. The zero-order valence-electron chi connectivity index (χ0n) is 9.36. The highest BCUT2D eigenvalue weighted by Crippen LogP contribution is 2.24. The fraction of sp³-hybridized carbons (Fsp3) is 0.333. The number of anilines is 1. The molecule has 1 aliphatic rings. The quantitative estimate of drug-likeness (QED) is 0.781. The highest BCUT2D eigenvalue weighted by molar-refractivity contribution is 6.06. The molecule has 0 bridgehead atoms. The molecule has 16 heavy (non-hydrogen) atoms. The Hall–Kier alpha value is -1.84. The van der Waals surface area contributed by atoms with Gasteiger partial charge in [0.2, 0.25) is 5.91 Å². The van der Waals surface area contributed by atoms with E-state index < -0.39 is 0 Å². The minimum atomic E-state index is -0.335. The van der Waals surface area contributed by atoms with Gasteiger partial charge in [0.05, 0.1) is 0 Å². The van der Waals surface area contributed by atoms with Gasteiger partial charge in [-0.2, -0.15) is 0 Å². The first-order valence-electron chi connectivity index (χ1n) is 5.28. The predicted molar refractivity (Wildman–Crippen MR) is 61.3 cm³/mol. The van der Waals surface area contributed by atoms with E-state index in [4.69, 9.17) is 0 Å².